The number of imidazole rings is 1. The number of H-pyrrole nitrogens is 1. The zero-order valence-corrected chi connectivity index (χ0v) is 13.3. The summed E-state index contributed by atoms with van der Waals surface area (Å²) in [5.74, 6) is 0.346. The minimum absolute atomic E-state index is 0. The molecule has 0 aliphatic rings. The van der Waals surface area contributed by atoms with Gasteiger partial charge in [-0.25, -0.2) is 4.57 Å². The summed E-state index contributed by atoms with van der Waals surface area (Å²) < 4.78 is 7.45. The highest BCUT2D eigenvalue weighted by atomic mass is 35.5. The molecule has 1 aromatic heterocycles. The van der Waals surface area contributed by atoms with Crippen LogP contribution in [0.3, 0.4) is 0 Å². The lowest BCUT2D eigenvalue weighted by Gasteiger charge is -2.07. The van der Waals surface area contributed by atoms with E-state index in [1.807, 2.05) is 16.8 Å². The van der Waals surface area contributed by atoms with Gasteiger partial charge in [-0.2, -0.15) is 0 Å². The van der Waals surface area contributed by atoms with Crippen LogP contribution in [0.25, 0.3) is 0 Å². The zero-order valence-electron chi connectivity index (χ0n) is 12.5. The van der Waals surface area contributed by atoms with Crippen LogP contribution in [0.4, 0.5) is 5.69 Å². The van der Waals surface area contributed by atoms with Crippen LogP contribution in [0.2, 0.25) is 0 Å². The molecular formula is C15H20ClN3O3. The summed E-state index contributed by atoms with van der Waals surface area (Å²) in [6.45, 7) is 3.21. The molecule has 1 aromatic carbocycles. The molecule has 0 bridgehead atoms. The van der Waals surface area contributed by atoms with Gasteiger partial charge in [-0.05, 0) is 12.5 Å². The van der Waals surface area contributed by atoms with Crippen molar-refractivity contribution in [3.8, 4) is 5.75 Å². The molecule has 0 fully saturated rings. The third-order valence-corrected chi connectivity index (χ3v) is 3.19. The summed E-state index contributed by atoms with van der Waals surface area (Å²) in [7, 11) is 0. The molecule has 0 aliphatic carbocycles. The van der Waals surface area contributed by atoms with E-state index in [0.29, 0.717) is 18.9 Å². The Balaban J connectivity index is 0.00000242. The van der Waals surface area contributed by atoms with E-state index in [1.165, 1.54) is 0 Å². The summed E-state index contributed by atoms with van der Waals surface area (Å²) in [4.78, 5) is 13.7. The molecule has 0 saturated carbocycles. The van der Waals surface area contributed by atoms with Crippen LogP contribution in [0.1, 0.15) is 31.7 Å². The van der Waals surface area contributed by atoms with Gasteiger partial charge < -0.3 is 17.1 Å². The van der Waals surface area contributed by atoms with Crippen molar-refractivity contribution in [1.29, 1.82) is 0 Å². The molecule has 0 unspecified atom stereocenters. The summed E-state index contributed by atoms with van der Waals surface area (Å²) in [6, 6.07) is 5.13. The van der Waals surface area contributed by atoms with Gasteiger partial charge in [0, 0.05) is 11.6 Å². The highest BCUT2D eigenvalue weighted by Crippen LogP contribution is 2.28. The molecule has 0 atom stereocenters. The molecule has 6 nitrogen and oxygen atoms in total. The topological polar surface area (TPSA) is 72.0 Å². The maximum atomic E-state index is 11.2. The van der Waals surface area contributed by atoms with Crippen LogP contribution in [-0.4, -0.2) is 16.5 Å². The largest absolute Gasteiger partial charge is 1.00 e. The molecule has 1 N–H and O–H groups in total. The van der Waals surface area contributed by atoms with Crippen LogP contribution < -0.4 is 21.7 Å². The van der Waals surface area contributed by atoms with E-state index in [0.717, 1.165) is 24.8 Å². The molecule has 120 valence electrons. The van der Waals surface area contributed by atoms with Crippen molar-refractivity contribution in [2.24, 2.45) is 0 Å². The molecule has 0 amide bonds. The van der Waals surface area contributed by atoms with Gasteiger partial charge in [0.2, 0.25) is 6.33 Å². The van der Waals surface area contributed by atoms with Crippen LogP contribution in [0.5, 0.6) is 5.75 Å². The number of aromatic nitrogens is 2. The van der Waals surface area contributed by atoms with Gasteiger partial charge in [0.05, 0.1) is 11.5 Å². The Hall–Kier alpha value is -2.08. The van der Waals surface area contributed by atoms with Crippen LogP contribution in [0.15, 0.2) is 36.9 Å². The normalized spacial score (nSPS) is 10.0. The van der Waals surface area contributed by atoms with Gasteiger partial charge in [0.1, 0.15) is 18.9 Å². The van der Waals surface area contributed by atoms with E-state index in [1.54, 1.807) is 24.7 Å². The Morgan fingerprint density at radius 2 is 2.18 bits per heavy atom. The standard InChI is InChI=1S/C15H19N3O3.ClH/c1-2-3-4-9-21-15-6-5-13(10-14(15)18(19)20)11-17-8-7-16-12-17;/h5-8,10,12H,2-4,9,11H2,1H3;1H. The van der Waals surface area contributed by atoms with Crippen molar-refractivity contribution in [3.05, 3.63) is 52.6 Å². The molecule has 0 spiro atoms. The first kappa shape index (κ1) is 18.0. The molecule has 0 radical (unpaired) electrons. The number of aromatic amines is 1. The number of unbranched alkanes of at least 4 members (excludes halogenated alkanes) is 2. The number of halogens is 1. The number of nitrogens with one attached hydrogen (secondary N) is 1. The van der Waals surface area contributed by atoms with Gasteiger partial charge in [-0.1, -0.05) is 25.8 Å². The van der Waals surface area contributed by atoms with Crippen molar-refractivity contribution >= 4 is 5.69 Å². The van der Waals surface area contributed by atoms with E-state index >= 15 is 0 Å². The molecule has 7 heteroatoms. The monoisotopic (exact) mass is 325 g/mol. The number of hydrogen-bond acceptors (Lipinski definition) is 3. The highest BCUT2D eigenvalue weighted by molar-refractivity contribution is 5.48. The van der Waals surface area contributed by atoms with Crippen LogP contribution >= 0.6 is 0 Å². The molecule has 0 saturated heterocycles. The van der Waals surface area contributed by atoms with Crippen molar-refractivity contribution in [2.45, 2.75) is 32.7 Å². The second-order valence-electron chi connectivity index (χ2n) is 4.90. The first-order valence-electron chi connectivity index (χ1n) is 7.12. The molecule has 2 rings (SSSR count). The average molecular weight is 326 g/mol. The molecule has 2 aromatic rings. The summed E-state index contributed by atoms with van der Waals surface area (Å²) in [5.41, 5.74) is 0.896. The lowest BCUT2D eigenvalue weighted by Crippen LogP contribution is -3.00. The number of nitro groups is 1. The SMILES string of the molecule is CCCCCOc1ccc(C[n+]2cc[nH]c2)cc1[N+](=O)[O-].[Cl-]. The Morgan fingerprint density at radius 3 is 2.82 bits per heavy atom. The average Bonchev–Trinajstić information content (AvgIpc) is 2.97. The summed E-state index contributed by atoms with van der Waals surface area (Å²) in [6.07, 6.45) is 8.56. The maximum Gasteiger partial charge on any atom is 0.311 e. The third-order valence-electron chi connectivity index (χ3n) is 3.19. The van der Waals surface area contributed by atoms with Crippen LogP contribution in [-0.2, 0) is 6.54 Å². The minimum atomic E-state index is -0.388. The van der Waals surface area contributed by atoms with E-state index in [2.05, 4.69) is 11.9 Å². The lowest BCUT2D eigenvalue weighted by atomic mass is 10.2. The van der Waals surface area contributed by atoms with E-state index in [9.17, 15) is 10.1 Å². The van der Waals surface area contributed by atoms with Crippen molar-refractivity contribution < 1.29 is 26.6 Å². The van der Waals surface area contributed by atoms with Gasteiger partial charge in [-0.3, -0.25) is 15.1 Å². The molecule has 1 heterocycles. The predicted molar refractivity (Wildman–Crippen MR) is 78.2 cm³/mol. The Bertz CT molecular complexity index is 588. The lowest BCUT2D eigenvalue weighted by molar-refractivity contribution is -0.687. The predicted octanol–water partition coefficient (Wildman–Crippen LogP) is -0.168. The Morgan fingerprint density at radius 1 is 1.36 bits per heavy atom. The van der Waals surface area contributed by atoms with E-state index < -0.39 is 0 Å². The fourth-order valence-corrected chi connectivity index (χ4v) is 2.09. The van der Waals surface area contributed by atoms with Crippen molar-refractivity contribution in [3.63, 3.8) is 0 Å². The minimum Gasteiger partial charge on any atom is -1.00 e. The third kappa shape index (κ3) is 5.04. The first-order valence-corrected chi connectivity index (χ1v) is 7.12. The second-order valence-corrected chi connectivity index (χ2v) is 4.90. The van der Waals surface area contributed by atoms with E-state index in [-0.39, 0.29) is 23.0 Å². The number of ether oxygens (including phenoxy) is 1. The molecule has 22 heavy (non-hydrogen) atoms. The van der Waals surface area contributed by atoms with Gasteiger partial charge >= 0.3 is 5.69 Å². The highest BCUT2D eigenvalue weighted by Gasteiger charge is 2.16. The first-order chi connectivity index (χ1) is 10.2. The fraction of sp³-hybridized carbons (Fsp3) is 0.400. The number of hydrogen-bond donors (Lipinski definition) is 1. The zero-order chi connectivity index (χ0) is 15.1. The number of nitro benzene ring substituents is 1. The van der Waals surface area contributed by atoms with Crippen molar-refractivity contribution in [1.82, 2.24) is 4.98 Å². The molecule has 0 aliphatic heterocycles. The van der Waals surface area contributed by atoms with Gasteiger partial charge in [0.15, 0.2) is 5.75 Å². The van der Waals surface area contributed by atoms with Crippen LogP contribution in [0, 0.1) is 10.1 Å². The number of benzene rings is 1. The fourth-order valence-electron chi connectivity index (χ4n) is 2.09. The van der Waals surface area contributed by atoms with Crippen molar-refractivity contribution in [2.75, 3.05) is 6.61 Å². The number of rotatable bonds is 8. The number of nitrogens with zero attached hydrogens (tertiary/aromatic N) is 2. The van der Waals surface area contributed by atoms with Gasteiger partial charge in [-0.15, -0.1) is 0 Å². The Labute approximate surface area is 135 Å². The maximum absolute atomic E-state index is 11.2. The molecular weight excluding hydrogens is 306 g/mol. The smallest absolute Gasteiger partial charge is 0.311 e. The van der Waals surface area contributed by atoms with Gasteiger partial charge in [0.25, 0.3) is 0 Å². The summed E-state index contributed by atoms with van der Waals surface area (Å²) in [5, 5.41) is 11.2. The second kappa shape index (κ2) is 9.04. The summed E-state index contributed by atoms with van der Waals surface area (Å²) >= 11 is 0. The Kier molecular flexibility index (Phi) is 7.39. The van der Waals surface area contributed by atoms with E-state index in [4.69, 9.17) is 4.74 Å². The quantitative estimate of drug-likeness (QED) is 0.317.